The maximum atomic E-state index is 13.0. The minimum atomic E-state index is -3.48. The summed E-state index contributed by atoms with van der Waals surface area (Å²) in [5.74, 6) is 0.715. The number of piperazine rings is 1. The van der Waals surface area contributed by atoms with Crippen LogP contribution in [0.4, 0.5) is 5.69 Å². The van der Waals surface area contributed by atoms with Gasteiger partial charge < -0.3 is 9.64 Å². The van der Waals surface area contributed by atoms with Gasteiger partial charge in [-0.2, -0.15) is 4.31 Å². The summed E-state index contributed by atoms with van der Waals surface area (Å²) in [6.07, 6.45) is 2.06. The Bertz CT molecular complexity index is 886. The largest absolute Gasteiger partial charge is 0.494 e. The van der Waals surface area contributed by atoms with Gasteiger partial charge in [-0.3, -0.25) is 0 Å². The summed E-state index contributed by atoms with van der Waals surface area (Å²) in [7, 11) is -3.48. The van der Waals surface area contributed by atoms with Gasteiger partial charge in [-0.05, 0) is 61.7 Å². The van der Waals surface area contributed by atoms with Crippen molar-refractivity contribution in [2.75, 3.05) is 37.7 Å². The maximum absolute atomic E-state index is 13.0. The van der Waals surface area contributed by atoms with E-state index in [2.05, 4.69) is 43.9 Å². The monoisotopic (exact) mass is 402 g/mol. The number of hydrogen-bond donors (Lipinski definition) is 0. The van der Waals surface area contributed by atoms with Crippen molar-refractivity contribution in [1.29, 1.82) is 0 Å². The molecule has 0 spiro atoms. The smallest absolute Gasteiger partial charge is 0.243 e. The van der Waals surface area contributed by atoms with Crippen LogP contribution in [0.2, 0.25) is 0 Å². The van der Waals surface area contributed by atoms with Gasteiger partial charge in [0, 0.05) is 31.9 Å². The van der Waals surface area contributed by atoms with E-state index in [1.54, 1.807) is 28.6 Å². The molecule has 0 aliphatic carbocycles. The molecule has 1 aliphatic rings. The van der Waals surface area contributed by atoms with E-state index in [9.17, 15) is 8.42 Å². The van der Waals surface area contributed by atoms with Gasteiger partial charge in [-0.25, -0.2) is 8.42 Å². The standard InChI is InChI=1S/C22H30N2O3S/c1-4-5-16-27-20-8-10-21(11-9-20)28(25,26)24-14-12-23(13-15-24)22-17-18(2)6-7-19(22)3/h6-11,17H,4-5,12-16H2,1-3H3. The van der Waals surface area contributed by atoms with Crippen LogP contribution in [0.15, 0.2) is 47.4 Å². The Morgan fingerprint density at radius 1 is 0.964 bits per heavy atom. The zero-order valence-electron chi connectivity index (χ0n) is 17.0. The SMILES string of the molecule is CCCCOc1ccc(S(=O)(=O)N2CCN(c3cc(C)ccc3C)CC2)cc1. The number of anilines is 1. The first-order valence-corrected chi connectivity index (χ1v) is 11.4. The average molecular weight is 403 g/mol. The van der Waals surface area contributed by atoms with Crippen LogP contribution in [-0.2, 0) is 10.0 Å². The lowest BCUT2D eigenvalue weighted by molar-refractivity contribution is 0.309. The number of hydrogen-bond acceptors (Lipinski definition) is 4. The molecule has 0 saturated carbocycles. The van der Waals surface area contributed by atoms with Gasteiger partial charge in [0.15, 0.2) is 0 Å². The summed E-state index contributed by atoms with van der Waals surface area (Å²) in [6, 6.07) is 13.2. The van der Waals surface area contributed by atoms with Gasteiger partial charge in [0.1, 0.15) is 5.75 Å². The maximum Gasteiger partial charge on any atom is 0.243 e. The fourth-order valence-electron chi connectivity index (χ4n) is 3.42. The second kappa shape index (κ2) is 8.97. The van der Waals surface area contributed by atoms with Crippen molar-refractivity contribution in [3.05, 3.63) is 53.6 Å². The van der Waals surface area contributed by atoms with E-state index in [-0.39, 0.29) is 0 Å². The van der Waals surface area contributed by atoms with Gasteiger partial charge in [0.2, 0.25) is 10.0 Å². The topological polar surface area (TPSA) is 49.9 Å². The molecule has 1 heterocycles. The van der Waals surface area contributed by atoms with Crippen LogP contribution in [0.1, 0.15) is 30.9 Å². The number of sulfonamides is 1. The summed E-state index contributed by atoms with van der Waals surface area (Å²) in [5, 5.41) is 0. The molecule has 0 aromatic heterocycles. The number of unbranched alkanes of at least 4 members (excludes halogenated alkanes) is 1. The highest BCUT2D eigenvalue weighted by Crippen LogP contribution is 2.25. The minimum Gasteiger partial charge on any atom is -0.494 e. The molecule has 1 aliphatic heterocycles. The molecular formula is C22H30N2O3S. The predicted octanol–water partition coefficient (Wildman–Crippen LogP) is 3.99. The zero-order chi connectivity index (χ0) is 20.1. The molecule has 0 unspecified atom stereocenters. The molecule has 28 heavy (non-hydrogen) atoms. The van der Waals surface area contributed by atoms with E-state index >= 15 is 0 Å². The Kier molecular flexibility index (Phi) is 6.62. The molecule has 2 aromatic carbocycles. The average Bonchev–Trinajstić information content (AvgIpc) is 2.70. The quantitative estimate of drug-likeness (QED) is 0.657. The molecule has 0 N–H and O–H groups in total. The van der Waals surface area contributed by atoms with Crippen molar-refractivity contribution in [3.63, 3.8) is 0 Å². The van der Waals surface area contributed by atoms with Gasteiger partial charge in [-0.15, -0.1) is 0 Å². The van der Waals surface area contributed by atoms with E-state index < -0.39 is 10.0 Å². The highest BCUT2D eigenvalue weighted by molar-refractivity contribution is 7.89. The molecule has 152 valence electrons. The van der Waals surface area contributed by atoms with E-state index in [0.717, 1.165) is 12.8 Å². The van der Waals surface area contributed by atoms with Gasteiger partial charge >= 0.3 is 0 Å². The Labute approximate surface area is 169 Å². The lowest BCUT2D eigenvalue weighted by atomic mass is 10.1. The first kappa shape index (κ1) is 20.7. The summed E-state index contributed by atoms with van der Waals surface area (Å²) in [6.45, 7) is 9.32. The summed E-state index contributed by atoms with van der Waals surface area (Å²) >= 11 is 0. The number of ether oxygens (including phenoxy) is 1. The van der Waals surface area contributed by atoms with Crippen molar-refractivity contribution in [3.8, 4) is 5.75 Å². The van der Waals surface area contributed by atoms with Crippen LogP contribution in [0.25, 0.3) is 0 Å². The predicted molar refractivity (Wildman–Crippen MR) is 114 cm³/mol. The van der Waals surface area contributed by atoms with Crippen LogP contribution in [-0.4, -0.2) is 45.5 Å². The van der Waals surface area contributed by atoms with Crippen LogP contribution in [0, 0.1) is 13.8 Å². The van der Waals surface area contributed by atoms with Crippen LogP contribution in [0.5, 0.6) is 5.75 Å². The Hall–Kier alpha value is -2.05. The molecular weight excluding hydrogens is 372 g/mol. The Morgan fingerprint density at radius 2 is 1.64 bits per heavy atom. The summed E-state index contributed by atoms with van der Waals surface area (Å²) < 4.78 is 33.2. The van der Waals surface area contributed by atoms with Crippen LogP contribution < -0.4 is 9.64 Å². The van der Waals surface area contributed by atoms with E-state index in [1.165, 1.54) is 16.8 Å². The molecule has 5 nitrogen and oxygen atoms in total. The van der Waals surface area contributed by atoms with Crippen molar-refractivity contribution >= 4 is 15.7 Å². The van der Waals surface area contributed by atoms with Crippen molar-refractivity contribution in [2.45, 2.75) is 38.5 Å². The summed E-state index contributed by atoms with van der Waals surface area (Å²) in [4.78, 5) is 2.61. The Morgan fingerprint density at radius 3 is 2.29 bits per heavy atom. The molecule has 0 atom stereocenters. The van der Waals surface area contributed by atoms with Gasteiger partial charge in [0.25, 0.3) is 0 Å². The van der Waals surface area contributed by atoms with Crippen molar-refractivity contribution in [2.24, 2.45) is 0 Å². The first-order chi connectivity index (χ1) is 13.4. The van der Waals surface area contributed by atoms with Crippen LogP contribution >= 0.6 is 0 Å². The second-order valence-corrected chi connectivity index (χ2v) is 9.29. The minimum absolute atomic E-state index is 0.329. The molecule has 6 heteroatoms. The van der Waals surface area contributed by atoms with Gasteiger partial charge in [-0.1, -0.05) is 25.5 Å². The lowest BCUT2D eigenvalue weighted by Crippen LogP contribution is -2.48. The Balaban J connectivity index is 1.65. The van der Waals surface area contributed by atoms with Crippen molar-refractivity contribution in [1.82, 2.24) is 4.31 Å². The van der Waals surface area contributed by atoms with E-state index in [4.69, 9.17) is 4.74 Å². The molecule has 1 fully saturated rings. The fraction of sp³-hybridized carbons (Fsp3) is 0.455. The highest BCUT2D eigenvalue weighted by atomic mass is 32.2. The first-order valence-electron chi connectivity index (χ1n) is 9.97. The fourth-order valence-corrected chi connectivity index (χ4v) is 4.84. The zero-order valence-corrected chi connectivity index (χ0v) is 17.8. The molecule has 1 saturated heterocycles. The molecule has 0 bridgehead atoms. The third-order valence-corrected chi connectivity index (χ3v) is 7.08. The molecule has 3 rings (SSSR count). The van der Waals surface area contributed by atoms with Gasteiger partial charge in [0.05, 0.1) is 11.5 Å². The highest BCUT2D eigenvalue weighted by Gasteiger charge is 2.29. The number of nitrogens with zero attached hydrogens (tertiary/aromatic N) is 2. The number of aryl methyl sites for hydroxylation is 2. The molecule has 0 amide bonds. The number of rotatable bonds is 7. The van der Waals surface area contributed by atoms with E-state index in [1.807, 2.05) is 0 Å². The van der Waals surface area contributed by atoms with Crippen LogP contribution in [0.3, 0.4) is 0 Å². The van der Waals surface area contributed by atoms with E-state index in [0.29, 0.717) is 43.4 Å². The molecule has 2 aromatic rings. The lowest BCUT2D eigenvalue weighted by Gasteiger charge is -2.36. The number of benzene rings is 2. The third kappa shape index (κ3) is 4.67. The third-order valence-electron chi connectivity index (χ3n) is 5.17. The second-order valence-electron chi connectivity index (χ2n) is 7.35. The summed E-state index contributed by atoms with van der Waals surface area (Å²) in [5.41, 5.74) is 3.64. The molecule has 0 radical (unpaired) electrons. The normalized spacial score (nSPS) is 15.6. The van der Waals surface area contributed by atoms with Crippen molar-refractivity contribution < 1.29 is 13.2 Å².